The van der Waals surface area contributed by atoms with Crippen LogP contribution in [0.1, 0.15) is 36.3 Å². The number of carboxylic acid groups (broad SMARTS) is 1. The van der Waals surface area contributed by atoms with Gasteiger partial charge in [-0.2, -0.15) is 13.2 Å². The molecular formula is C17H18F3NO3. The molecule has 130 valence electrons. The van der Waals surface area contributed by atoms with Crippen LogP contribution in [0.5, 0.6) is 0 Å². The quantitative estimate of drug-likeness (QED) is 0.919. The van der Waals surface area contributed by atoms with Gasteiger partial charge in [-0.15, -0.1) is 0 Å². The van der Waals surface area contributed by atoms with Crippen molar-refractivity contribution in [3.63, 3.8) is 0 Å². The topological polar surface area (TPSA) is 57.6 Å². The molecule has 0 spiro atoms. The molecule has 1 saturated carbocycles. The Morgan fingerprint density at radius 1 is 1.17 bits per heavy atom. The molecule has 1 heterocycles. The Balaban J connectivity index is 1.62. The number of carboxylic acids is 1. The number of piperidine rings is 1. The first-order chi connectivity index (χ1) is 11.3. The number of likely N-dealkylation sites (tertiary alicyclic amines) is 1. The van der Waals surface area contributed by atoms with Gasteiger partial charge in [-0.25, -0.2) is 0 Å². The van der Waals surface area contributed by atoms with Crippen LogP contribution in [0.4, 0.5) is 13.2 Å². The third-order valence-electron chi connectivity index (χ3n) is 4.86. The maximum Gasteiger partial charge on any atom is 0.416 e. The number of aliphatic carboxylic acids is 1. The molecule has 0 radical (unpaired) electrons. The summed E-state index contributed by atoms with van der Waals surface area (Å²) in [6.45, 7) is 0.781. The van der Waals surface area contributed by atoms with E-state index in [4.69, 9.17) is 5.11 Å². The lowest BCUT2D eigenvalue weighted by Gasteiger charge is -2.31. The SMILES string of the molecule is O=C(O)[C@@H]1CCCN(C(=O)[C@@H]2C[C@@H]2c2ccc(C(F)(F)F)cc2)C1. The van der Waals surface area contributed by atoms with Crippen LogP contribution < -0.4 is 0 Å². The minimum absolute atomic E-state index is 0.0648. The van der Waals surface area contributed by atoms with Crippen molar-refractivity contribution in [2.24, 2.45) is 11.8 Å². The average molecular weight is 341 g/mol. The van der Waals surface area contributed by atoms with E-state index in [0.29, 0.717) is 25.8 Å². The van der Waals surface area contributed by atoms with Crippen molar-refractivity contribution in [1.82, 2.24) is 4.90 Å². The van der Waals surface area contributed by atoms with Crippen LogP contribution in [-0.2, 0) is 15.8 Å². The molecule has 1 amide bonds. The fourth-order valence-corrected chi connectivity index (χ4v) is 3.37. The van der Waals surface area contributed by atoms with Crippen LogP contribution in [0, 0.1) is 11.8 Å². The first kappa shape index (κ1) is 16.8. The molecule has 7 heteroatoms. The summed E-state index contributed by atoms with van der Waals surface area (Å²) >= 11 is 0. The van der Waals surface area contributed by atoms with Gasteiger partial charge in [-0.05, 0) is 42.9 Å². The smallest absolute Gasteiger partial charge is 0.416 e. The number of rotatable bonds is 3. The van der Waals surface area contributed by atoms with Crippen molar-refractivity contribution in [3.05, 3.63) is 35.4 Å². The van der Waals surface area contributed by atoms with Crippen LogP contribution in [0.3, 0.4) is 0 Å². The second-order valence-corrected chi connectivity index (χ2v) is 6.53. The lowest BCUT2D eigenvalue weighted by atomic mass is 9.97. The summed E-state index contributed by atoms with van der Waals surface area (Å²) in [7, 11) is 0. The van der Waals surface area contributed by atoms with E-state index in [0.717, 1.165) is 17.7 Å². The molecule has 4 nitrogen and oxygen atoms in total. The second-order valence-electron chi connectivity index (χ2n) is 6.53. The van der Waals surface area contributed by atoms with Gasteiger partial charge in [0, 0.05) is 19.0 Å². The normalized spacial score (nSPS) is 27.0. The van der Waals surface area contributed by atoms with Gasteiger partial charge in [0.15, 0.2) is 0 Å². The number of nitrogens with zero attached hydrogens (tertiary/aromatic N) is 1. The van der Waals surface area contributed by atoms with E-state index in [-0.39, 0.29) is 24.3 Å². The highest BCUT2D eigenvalue weighted by Gasteiger charge is 2.46. The number of amides is 1. The summed E-state index contributed by atoms with van der Waals surface area (Å²) in [5, 5.41) is 9.08. The van der Waals surface area contributed by atoms with E-state index >= 15 is 0 Å². The monoisotopic (exact) mass is 341 g/mol. The predicted molar refractivity (Wildman–Crippen MR) is 79.2 cm³/mol. The fraction of sp³-hybridized carbons (Fsp3) is 0.529. The van der Waals surface area contributed by atoms with Gasteiger partial charge in [0.2, 0.25) is 5.91 Å². The largest absolute Gasteiger partial charge is 0.481 e. The summed E-state index contributed by atoms with van der Waals surface area (Å²) in [5.74, 6) is -1.79. The van der Waals surface area contributed by atoms with Crippen molar-refractivity contribution < 1.29 is 27.9 Å². The van der Waals surface area contributed by atoms with Crippen LogP contribution in [0.2, 0.25) is 0 Å². The van der Waals surface area contributed by atoms with Crippen molar-refractivity contribution in [3.8, 4) is 0 Å². The second kappa shape index (κ2) is 6.11. The van der Waals surface area contributed by atoms with Crippen molar-refractivity contribution in [2.45, 2.75) is 31.4 Å². The molecule has 0 bridgehead atoms. The zero-order valence-electron chi connectivity index (χ0n) is 12.9. The van der Waals surface area contributed by atoms with Crippen LogP contribution >= 0.6 is 0 Å². The third kappa shape index (κ3) is 3.39. The Kier molecular flexibility index (Phi) is 4.27. The van der Waals surface area contributed by atoms with Gasteiger partial charge in [0.1, 0.15) is 0 Å². The van der Waals surface area contributed by atoms with E-state index in [2.05, 4.69) is 0 Å². The summed E-state index contributed by atoms with van der Waals surface area (Å²) in [4.78, 5) is 25.2. The van der Waals surface area contributed by atoms with Crippen LogP contribution in [-0.4, -0.2) is 35.0 Å². The first-order valence-corrected chi connectivity index (χ1v) is 7.96. The van der Waals surface area contributed by atoms with Gasteiger partial charge >= 0.3 is 12.1 Å². The number of halogens is 3. The molecule has 3 atom stereocenters. The number of hydrogen-bond donors (Lipinski definition) is 1. The number of benzene rings is 1. The van der Waals surface area contributed by atoms with Crippen LogP contribution in [0.15, 0.2) is 24.3 Å². The van der Waals surface area contributed by atoms with Crippen LogP contribution in [0.25, 0.3) is 0 Å². The molecule has 2 aliphatic rings. The molecule has 1 aliphatic heterocycles. The van der Waals surface area contributed by atoms with E-state index < -0.39 is 23.6 Å². The lowest BCUT2D eigenvalue weighted by molar-refractivity contribution is -0.146. The van der Waals surface area contributed by atoms with E-state index in [1.165, 1.54) is 12.1 Å². The molecule has 3 rings (SSSR count). The molecule has 1 aromatic carbocycles. The van der Waals surface area contributed by atoms with Gasteiger partial charge < -0.3 is 10.0 Å². The molecular weight excluding hydrogens is 323 g/mol. The Morgan fingerprint density at radius 3 is 2.42 bits per heavy atom. The zero-order chi connectivity index (χ0) is 17.5. The minimum atomic E-state index is -4.36. The molecule has 0 unspecified atom stereocenters. The summed E-state index contributed by atoms with van der Waals surface area (Å²) < 4.78 is 37.7. The third-order valence-corrected chi connectivity index (χ3v) is 4.86. The molecule has 24 heavy (non-hydrogen) atoms. The number of carbonyl (C=O) groups is 2. The Morgan fingerprint density at radius 2 is 1.83 bits per heavy atom. The highest BCUT2D eigenvalue weighted by atomic mass is 19.4. The van der Waals surface area contributed by atoms with Crippen molar-refractivity contribution in [2.75, 3.05) is 13.1 Å². The molecule has 2 fully saturated rings. The number of carbonyl (C=O) groups excluding carboxylic acids is 1. The number of alkyl halides is 3. The van der Waals surface area contributed by atoms with Crippen molar-refractivity contribution in [1.29, 1.82) is 0 Å². The van der Waals surface area contributed by atoms with Gasteiger partial charge in [-0.3, -0.25) is 9.59 Å². The fourth-order valence-electron chi connectivity index (χ4n) is 3.37. The lowest BCUT2D eigenvalue weighted by Crippen LogP contribution is -2.43. The molecule has 1 saturated heterocycles. The van der Waals surface area contributed by atoms with E-state index in [1.54, 1.807) is 4.90 Å². The highest BCUT2D eigenvalue weighted by Crippen LogP contribution is 2.49. The highest BCUT2D eigenvalue weighted by molar-refractivity contribution is 5.84. The average Bonchev–Trinajstić information content (AvgIpc) is 3.34. The standard InChI is InChI=1S/C17H18F3NO3/c18-17(19,20)12-5-3-10(4-6-12)13-8-14(13)15(22)21-7-1-2-11(9-21)16(23)24/h3-6,11,13-14H,1-2,7-9H2,(H,23,24)/t11-,13-,14-/m1/s1. The minimum Gasteiger partial charge on any atom is -0.481 e. The first-order valence-electron chi connectivity index (χ1n) is 7.96. The van der Waals surface area contributed by atoms with Gasteiger partial charge in [-0.1, -0.05) is 12.1 Å². The Hall–Kier alpha value is -2.05. The predicted octanol–water partition coefficient (Wildman–Crippen LogP) is 3.13. The molecule has 0 aromatic heterocycles. The van der Waals surface area contributed by atoms with E-state index in [1.807, 2.05) is 0 Å². The molecule has 1 N–H and O–H groups in total. The Bertz CT molecular complexity index is 641. The van der Waals surface area contributed by atoms with Gasteiger partial charge in [0.05, 0.1) is 11.5 Å². The maximum absolute atomic E-state index is 12.6. The van der Waals surface area contributed by atoms with Gasteiger partial charge in [0.25, 0.3) is 0 Å². The Labute approximate surface area is 137 Å². The molecule has 1 aliphatic carbocycles. The summed E-state index contributed by atoms with van der Waals surface area (Å²) in [6, 6.07) is 4.93. The van der Waals surface area contributed by atoms with Crippen molar-refractivity contribution >= 4 is 11.9 Å². The number of hydrogen-bond acceptors (Lipinski definition) is 2. The zero-order valence-corrected chi connectivity index (χ0v) is 12.9. The van der Waals surface area contributed by atoms with E-state index in [9.17, 15) is 22.8 Å². The summed E-state index contributed by atoms with van der Waals surface area (Å²) in [6.07, 6.45) is -2.51. The maximum atomic E-state index is 12.6. The molecule has 1 aromatic rings. The summed E-state index contributed by atoms with van der Waals surface area (Å²) in [5.41, 5.74) is 0.0308.